The van der Waals surface area contributed by atoms with Crippen molar-refractivity contribution in [1.29, 1.82) is 0 Å². The van der Waals surface area contributed by atoms with Crippen LogP contribution in [0.2, 0.25) is 0 Å². The van der Waals surface area contributed by atoms with Gasteiger partial charge in [0.25, 0.3) is 5.19 Å². The highest BCUT2D eigenvalue weighted by molar-refractivity contribution is 7.13. The van der Waals surface area contributed by atoms with Gasteiger partial charge in [-0.2, -0.15) is 13.2 Å². The summed E-state index contributed by atoms with van der Waals surface area (Å²) >= 11 is 2.90. The van der Waals surface area contributed by atoms with Crippen LogP contribution in [0.4, 0.5) is 13.2 Å². The first kappa shape index (κ1) is 26.3. The number of aryl methyl sites for hydroxylation is 2. The van der Waals surface area contributed by atoms with Crippen molar-refractivity contribution < 1.29 is 22.7 Å². The van der Waals surface area contributed by atoms with E-state index in [2.05, 4.69) is 20.2 Å². The molecule has 35 heavy (non-hydrogen) atoms. The third-order valence-electron chi connectivity index (χ3n) is 6.77. The number of halogens is 3. The smallest absolute Gasteiger partial charge is 0.422 e. The number of carbonyl (C=O) groups excluding carboxylic acids is 1. The van der Waals surface area contributed by atoms with Gasteiger partial charge in [-0.25, -0.2) is 9.97 Å². The second-order valence-corrected chi connectivity index (χ2v) is 11.9. The Balaban J connectivity index is 1.11. The van der Waals surface area contributed by atoms with Crippen LogP contribution < -0.4 is 10.1 Å². The van der Waals surface area contributed by atoms with Crippen LogP contribution in [0.3, 0.4) is 0 Å². The first-order chi connectivity index (χ1) is 16.7. The van der Waals surface area contributed by atoms with Crippen molar-refractivity contribution in [1.82, 2.24) is 20.2 Å². The minimum absolute atomic E-state index is 0.128. The van der Waals surface area contributed by atoms with Gasteiger partial charge in [0.05, 0.1) is 10.7 Å². The Morgan fingerprint density at radius 1 is 1.20 bits per heavy atom. The van der Waals surface area contributed by atoms with Gasteiger partial charge in [-0.05, 0) is 64.3 Å². The number of hydrogen-bond donors (Lipinski definition) is 1. The number of fused-ring (bicyclic) bond motifs is 1. The average Bonchev–Trinajstić information content (AvgIpc) is 3.36. The molecular weight excluding hydrogens is 497 g/mol. The maximum absolute atomic E-state index is 12.4. The second kappa shape index (κ2) is 12.0. The fraction of sp³-hybridized carbons (Fsp3) is 0.708. The summed E-state index contributed by atoms with van der Waals surface area (Å²) in [5.41, 5.74) is 0.886. The lowest BCUT2D eigenvalue weighted by atomic mass is 9.84. The molecule has 0 aromatic carbocycles. The first-order valence-electron chi connectivity index (χ1n) is 12.3. The number of thiazole rings is 2. The van der Waals surface area contributed by atoms with E-state index in [1.54, 1.807) is 11.3 Å². The molecule has 2 aromatic heterocycles. The van der Waals surface area contributed by atoms with E-state index in [0.29, 0.717) is 12.3 Å². The quantitative estimate of drug-likeness (QED) is 0.497. The van der Waals surface area contributed by atoms with Crippen molar-refractivity contribution in [2.45, 2.75) is 76.9 Å². The van der Waals surface area contributed by atoms with E-state index in [0.717, 1.165) is 91.5 Å². The molecule has 6 nitrogen and oxygen atoms in total. The molecule has 2 aliphatic rings. The van der Waals surface area contributed by atoms with Gasteiger partial charge in [-0.1, -0.05) is 11.3 Å². The fourth-order valence-electron chi connectivity index (χ4n) is 4.83. The molecule has 0 unspecified atom stereocenters. The van der Waals surface area contributed by atoms with E-state index in [-0.39, 0.29) is 17.1 Å². The van der Waals surface area contributed by atoms with Crippen molar-refractivity contribution in [3.05, 3.63) is 26.7 Å². The summed E-state index contributed by atoms with van der Waals surface area (Å²) in [4.78, 5) is 25.5. The number of carbonyl (C=O) groups is 1. The number of rotatable bonds is 9. The number of alkyl halides is 3. The SMILES string of the molecule is Cc1ncc(CCC(=O)N[C@H]2CC[C@H](CCN3CCc4nc(OCC(F)(F)F)sc4CC3)CC2)s1. The van der Waals surface area contributed by atoms with E-state index in [9.17, 15) is 18.0 Å². The topological polar surface area (TPSA) is 67.4 Å². The van der Waals surface area contributed by atoms with Gasteiger partial charge in [0, 0.05) is 47.9 Å². The van der Waals surface area contributed by atoms with Gasteiger partial charge < -0.3 is 15.0 Å². The Morgan fingerprint density at radius 2 is 1.97 bits per heavy atom. The van der Waals surface area contributed by atoms with Gasteiger partial charge in [-0.15, -0.1) is 11.3 Å². The minimum atomic E-state index is -4.34. The molecule has 1 fully saturated rings. The zero-order valence-electron chi connectivity index (χ0n) is 20.0. The van der Waals surface area contributed by atoms with Crippen LogP contribution in [0.1, 0.15) is 59.0 Å². The molecule has 0 saturated heterocycles. The highest BCUT2D eigenvalue weighted by atomic mass is 32.1. The van der Waals surface area contributed by atoms with Gasteiger partial charge in [0.2, 0.25) is 5.91 Å². The van der Waals surface area contributed by atoms with Crippen molar-refractivity contribution >= 4 is 28.6 Å². The maximum Gasteiger partial charge on any atom is 0.422 e. The molecule has 1 N–H and O–H groups in total. The summed E-state index contributed by atoms with van der Waals surface area (Å²) in [7, 11) is 0. The molecule has 2 aromatic rings. The summed E-state index contributed by atoms with van der Waals surface area (Å²) in [6.07, 6.45) is 5.86. The van der Waals surface area contributed by atoms with Crippen LogP contribution in [0.5, 0.6) is 5.19 Å². The zero-order valence-corrected chi connectivity index (χ0v) is 21.7. The van der Waals surface area contributed by atoms with Crippen molar-refractivity contribution in [2.75, 3.05) is 26.2 Å². The highest BCUT2D eigenvalue weighted by Gasteiger charge is 2.30. The standard InChI is InChI=1S/C24H33F3N4O2S2/c1-16-28-14-19(34-16)6-7-22(32)29-18-4-2-17(3-5-18)8-11-31-12-9-20-21(10-13-31)35-23(30-20)33-15-24(25,26)27/h14,17-18H,2-13,15H2,1H3,(H,29,32)/t17-,18-. The Kier molecular flexibility index (Phi) is 9.04. The van der Waals surface area contributed by atoms with Crippen LogP contribution in [0.25, 0.3) is 0 Å². The Hall–Kier alpha value is -1.72. The van der Waals surface area contributed by atoms with Gasteiger partial charge >= 0.3 is 6.18 Å². The predicted molar refractivity (Wildman–Crippen MR) is 131 cm³/mol. The monoisotopic (exact) mass is 530 g/mol. The van der Waals surface area contributed by atoms with E-state index < -0.39 is 12.8 Å². The molecule has 11 heteroatoms. The highest BCUT2D eigenvalue weighted by Crippen LogP contribution is 2.31. The first-order valence-corrected chi connectivity index (χ1v) is 14.0. The summed E-state index contributed by atoms with van der Waals surface area (Å²) in [6.45, 7) is 3.50. The molecule has 0 radical (unpaired) electrons. The molecule has 1 aliphatic carbocycles. The fourth-order valence-corrected chi connectivity index (χ4v) is 6.57. The molecule has 0 spiro atoms. The van der Waals surface area contributed by atoms with E-state index in [1.807, 2.05) is 13.1 Å². The molecule has 4 rings (SSSR count). The third kappa shape index (κ3) is 8.42. The summed E-state index contributed by atoms with van der Waals surface area (Å²) in [5.74, 6) is 0.818. The number of ether oxygens (including phenoxy) is 1. The van der Waals surface area contributed by atoms with E-state index in [1.165, 1.54) is 11.3 Å². The average molecular weight is 531 g/mol. The van der Waals surface area contributed by atoms with E-state index >= 15 is 0 Å². The molecule has 0 bridgehead atoms. The predicted octanol–water partition coefficient (Wildman–Crippen LogP) is 4.95. The number of hydrogen-bond acceptors (Lipinski definition) is 7. The van der Waals surface area contributed by atoms with Crippen LogP contribution >= 0.6 is 22.7 Å². The molecule has 1 saturated carbocycles. The van der Waals surface area contributed by atoms with Crippen LogP contribution in [0.15, 0.2) is 6.20 Å². The lowest BCUT2D eigenvalue weighted by molar-refractivity contribution is -0.153. The summed E-state index contributed by atoms with van der Waals surface area (Å²) in [5, 5.41) is 4.38. The van der Waals surface area contributed by atoms with Crippen molar-refractivity contribution in [3.63, 3.8) is 0 Å². The van der Waals surface area contributed by atoms with Gasteiger partial charge in [0.1, 0.15) is 0 Å². The van der Waals surface area contributed by atoms with E-state index in [4.69, 9.17) is 4.74 Å². The Labute approximate surface area is 212 Å². The zero-order chi connectivity index (χ0) is 24.8. The minimum Gasteiger partial charge on any atom is -0.460 e. The molecule has 1 aliphatic heterocycles. The van der Waals surface area contributed by atoms with Gasteiger partial charge in [0.15, 0.2) is 6.61 Å². The van der Waals surface area contributed by atoms with Crippen LogP contribution in [0, 0.1) is 12.8 Å². The molecule has 3 heterocycles. The Morgan fingerprint density at radius 3 is 2.69 bits per heavy atom. The Bertz CT molecular complexity index is 945. The molecule has 1 amide bonds. The van der Waals surface area contributed by atoms with Gasteiger partial charge in [-0.3, -0.25) is 4.79 Å². The lowest BCUT2D eigenvalue weighted by Crippen LogP contribution is -2.38. The number of nitrogens with one attached hydrogen (secondary N) is 1. The molecule has 0 atom stereocenters. The molecular formula is C24H33F3N4O2S2. The van der Waals surface area contributed by atoms with Crippen molar-refractivity contribution in [2.24, 2.45) is 5.92 Å². The maximum atomic E-state index is 12.4. The normalized spacial score (nSPS) is 21.4. The number of amides is 1. The third-order valence-corrected chi connectivity index (χ3v) is 8.81. The molecule has 194 valence electrons. The number of aromatic nitrogens is 2. The second-order valence-electron chi connectivity index (χ2n) is 9.51. The number of nitrogens with zero attached hydrogens (tertiary/aromatic N) is 3. The van der Waals surface area contributed by atoms with Crippen LogP contribution in [-0.4, -0.2) is 59.2 Å². The summed E-state index contributed by atoms with van der Waals surface area (Å²) in [6, 6.07) is 0.288. The lowest BCUT2D eigenvalue weighted by Gasteiger charge is -2.30. The summed E-state index contributed by atoms with van der Waals surface area (Å²) < 4.78 is 41.9. The largest absolute Gasteiger partial charge is 0.460 e. The van der Waals surface area contributed by atoms with Crippen molar-refractivity contribution in [3.8, 4) is 5.19 Å². The van der Waals surface area contributed by atoms with Crippen LogP contribution in [-0.2, 0) is 24.1 Å².